The largest absolute Gasteiger partial charge is 0.342 e. The van der Waals surface area contributed by atoms with Gasteiger partial charge < -0.3 is 15.5 Å². The second-order valence-corrected chi connectivity index (χ2v) is 7.95. The zero-order chi connectivity index (χ0) is 16.3. The number of carbonyl (C=O) groups excluding carboxylic acids is 2. The van der Waals surface area contributed by atoms with Crippen LogP contribution in [0, 0.1) is 11.8 Å². The molecule has 22 heavy (non-hydrogen) atoms. The summed E-state index contributed by atoms with van der Waals surface area (Å²) >= 11 is 0. The molecule has 0 spiro atoms. The van der Waals surface area contributed by atoms with Crippen molar-refractivity contribution in [2.24, 2.45) is 11.8 Å². The molecular weight excluding hydrogens is 278 g/mol. The first-order chi connectivity index (χ1) is 10.3. The van der Waals surface area contributed by atoms with Gasteiger partial charge in [-0.05, 0) is 59.3 Å². The van der Waals surface area contributed by atoms with Crippen LogP contribution in [0.15, 0.2) is 0 Å². The molecule has 1 aliphatic carbocycles. The van der Waals surface area contributed by atoms with Crippen molar-refractivity contribution in [3.05, 3.63) is 0 Å². The normalized spacial score (nSPS) is 24.4. The number of piperidine rings is 1. The van der Waals surface area contributed by atoms with E-state index in [9.17, 15) is 9.59 Å². The van der Waals surface area contributed by atoms with Gasteiger partial charge in [-0.1, -0.05) is 6.42 Å². The van der Waals surface area contributed by atoms with Gasteiger partial charge in [-0.3, -0.25) is 4.79 Å². The molecule has 0 aromatic heterocycles. The van der Waals surface area contributed by atoms with E-state index in [1.54, 1.807) is 0 Å². The average Bonchev–Trinajstić information content (AvgIpc) is 2.34. The second-order valence-electron chi connectivity index (χ2n) is 7.95. The number of amides is 3. The lowest BCUT2D eigenvalue weighted by atomic mass is 9.83. The Hall–Kier alpha value is -1.26. The van der Waals surface area contributed by atoms with Gasteiger partial charge in [0.2, 0.25) is 5.91 Å². The van der Waals surface area contributed by atoms with Gasteiger partial charge in [0.25, 0.3) is 0 Å². The van der Waals surface area contributed by atoms with Crippen LogP contribution in [0.3, 0.4) is 0 Å². The Kier molecular flexibility index (Phi) is 5.35. The predicted molar refractivity (Wildman–Crippen MR) is 87.5 cm³/mol. The molecule has 1 saturated carbocycles. The Bertz CT molecular complexity index is 413. The third-order valence-electron chi connectivity index (χ3n) is 4.78. The molecule has 0 unspecified atom stereocenters. The maximum Gasteiger partial charge on any atom is 0.315 e. The molecule has 2 fully saturated rings. The van der Waals surface area contributed by atoms with Crippen molar-refractivity contribution >= 4 is 11.9 Å². The lowest BCUT2D eigenvalue weighted by Crippen LogP contribution is -2.53. The molecule has 1 aliphatic heterocycles. The van der Waals surface area contributed by atoms with Crippen LogP contribution in [0.1, 0.15) is 59.8 Å². The van der Waals surface area contributed by atoms with Gasteiger partial charge in [0.05, 0.1) is 0 Å². The van der Waals surface area contributed by atoms with Gasteiger partial charge in [0.1, 0.15) is 0 Å². The molecule has 1 heterocycles. The van der Waals surface area contributed by atoms with E-state index in [0.29, 0.717) is 11.8 Å². The lowest BCUT2D eigenvalue weighted by Gasteiger charge is -2.39. The van der Waals surface area contributed by atoms with E-state index in [-0.39, 0.29) is 23.5 Å². The number of carbonyl (C=O) groups is 2. The first-order valence-electron chi connectivity index (χ1n) is 8.64. The minimum atomic E-state index is -0.234. The van der Waals surface area contributed by atoms with Gasteiger partial charge in [-0.25, -0.2) is 4.79 Å². The first kappa shape index (κ1) is 17.1. The fraction of sp³-hybridized carbons (Fsp3) is 0.882. The highest BCUT2D eigenvalue weighted by atomic mass is 16.2. The van der Waals surface area contributed by atoms with Crippen LogP contribution in [0.25, 0.3) is 0 Å². The summed E-state index contributed by atoms with van der Waals surface area (Å²) < 4.78 is 0. The van der Waals surface area contributed by atoms with Gasteiger partial charge >= 0.3 is 6.03 Å². The number of likely N-dealkylation sites (tertiary alicyclic amines) is 1. The van der Waals surface area contributed by atoms with Crippen molar-refractivity contribution in [2.75, 3.05) is 13.1 Å². The maximum absolute atomic E-state index is 12.4. The number of rotatable bonds is 3. The fourth-order valence-corrected chi connectivity index (χ4v) is 3.23. The van der Waals surface area contributed by atoms with Crippen LogP contribution in [-0.4, -0.2) is 41.5 Å². The van der Waals surface area contributed by atoms with E-state index in [4.69, 9.17) is 0 Å². The van der Waals surface area contributed by atoms with Crippen LogP contribution >= 0.6 is 0 Å². The van der Waals surface area contributed by atoms with E-state index >= 15 is 0 Å². The summed E-state index contributed by atoms with van der Waals surface area (Å²) in [5.74, 6) is 0.956. The lowest BCUT2D eigenvalue weighted by molar-refractivity contribution is -0.140. The molecule has 126 valence electrons. The molecule has 0 aromatic carbocycles. The monoisotopic (exact) mass is 309 g/mol. The average molecular weight is 309 g/mol. The van der Waals surface area contributed by atoms with Crippen molar-refractivity contribution in [3.63, 3.8) is 0 Å². The molecule has 2 atom stereocenters. The summed E-state index contributed by atoms with van der Waals surface area (Å²) in [6, 6.07) is -0.0400. The molecule has 1 saturated heterocycles. The fourth-order valence-electron chi connectivity index (χ4n) is 3.23. The van der Waals surface area contributed by atoms with E-state index in [0.717, 1.165) is 38.8 Å². The van der Waals surface area contributed by atoms with E-state index in [1.807, 2.05) is 32.6 Å². The quantitative estimate of drug-likeness (QED) is 0.841. The molecule has 2 aliphatic rings. The topological polar surface area (TPSA) is 61.4 Å². The number of nitrogens with one attached hydrogen (secondary N) is 2. The van der Waals surface area contributed by atoms with Gasteiger partial charge in [-0.2, -0.15) is 0 Å². The van der Waals surface area contributed by atoms with Crippen molar-refractivity contribution in [2.45, 2.75) is 71.4 Å². The molecule has 0 bridgehead atoms. The summed E-state index contributed by atoms with van der Waals surface area (Å²) in [6.45, 7) is 9.62. The Labute approximate surface area is 134 Å². The molecular formula is C17H31N3O2. The highest BCUT2D eigenvalue weighted by molar-refractivity contribution is 5.79. The minimum absolute atomic E-state index is 0.0827. The standard InChI is InChI=1S/C17H31N3O2/c1-12(18-16(22)19-17(2,3)4)14-9-6-10-20(11-14)15(21)13-7-5-8-13/h12-14H,5-11H2,1-4H3,(H2,18,19,22)/t12-,14-/m0/s1. The van der Waals surface area contributed by atoms with Crippen molar-refractivity contribution in [3.8, 4) is 0 Å². The van der Waals surface area contributed by atoms with Crippen LogP contribution in [0.2, 0.25) is 0 Å². The molecule has 0 aromatic rings. The SMILES string of the molecule is C[C@H](NC(=O)NC(C)(C)C)[C@H]1CCCN(C(=O)C2CCC2)C1. The summed E-state index contributed by atoms with van der Waals surface area (Å²) in [5, 5.41) is 5.96. The van der Waals surface area contributed by atoms with E-state index in [2.05, 4.69) is 10.6 Å². The predicted octanol–water partition coefficient (Wildman–Crippen LogP) is 2.51. The Morgan fingerprint density at radius 3 is 2.36 bits per heavy atom. The third kappa shape index (κ3) is 4.62. The number of hydrogen-bond donors (Lipinski definition) is 2. The Morgan fingerprint density at radius 2 is 1.82 bits per heavy atom. The number of nitrogens with zero attached hydrogens (tertiary/aromatic N) is 1. The molecule has 0 radical (unpaired) electrons. The highest BCUT2D eigenvalue weighted by Gasteiger charge is 2.33. The van der Waals surface area contributed by atoms with Gasteiger partial charge in [0.15, 0.2) is 0 Å². The van der Waals surface area contributed by atoms with E-state index < -0.39 is 0 Å². The third-order valence-corrected chi connectivity index (χ3v) is 4.78. The Morgan fingerprint density at radius 1 is 1.14 bits per heavy atom. The first-order valence-corrected chi connectivity index (χ1v) is 8.64. The van der Waals surface area contributed by atoms with Crippen LogP contribution in [0.5, 0.6) is 0 Å². The highest BCUT2D eigenvalue weighted by Crippen LogP contribution is 2.30. The minimum Gasteiger partial charge on any atom is -0.342 e. The summed E-state index contributed by atoms with van der Waals surface area (Å²) in [6.07, 6.45) is 5.42. The molecule has 5 heteroatoms. The summed E-state index contributed by atoms with van der Waals surface area (Å²) in [7, 11) is 0. The smallest absolute Gasteiger partial charge is 0.315 e. The zero-order valence-corrected chi connectivity index (χ0v) is 14.4. The molecule has 2 N–H and O–H groups in total. The van der Waals surface area contributed by atoms with Crippen LogP contribution in [0.4, 0.5) is 4.79 Å². The molecule has 3 amide bonds. The number of urea groups is 1. The van der Waals surface area contributed by atoms with Crippen molar-refractivity contribution in [1.82, 2.24) is 15.5 Å². The Balaban J connectivity index is 1.83. The zero-order valence-electron chi connectivity index (χ0n) is 14.4. The van der Waals surface area contributed by atoms with Crippen LogP contribution < -0.4 is 10.6 Å². The van der Waals surface area contributed by atoms with Gasteiger partial charge in [-0.15, -0.1) is 0 Å². The van der Waals surface area contributed by atoms with E-state index in [1.165, 1.54) is 6.42 Å². The van der Waals surface area contributed by atoms with Gasteiger partial charge in [0, 0.05) is 30.6 Å². The maximum atomic E-state index is 12.4. The molecule has 2 rings (SSSR count). The summed E-state index contributed by atoms with van der Waals surface area (Å²) in [5.41, 5.74) is -0.234. The summed E-state index contributed by atoms with van der Waals surface area (Å²) in [4.78, 5) is 26.4. The van der Waals surface area contributed by atoms with Crippen LogP contribution in [-0.2, 0) is 4.79 Å². The van der Waals surface area contributed by atoms with Crippen molar-refractivity contribution < 1.29 is 9.59 Å². The van der Waals surface area contributed by atoms with Crippen molar-refractivity contribution in [1.29, 1.82) is 0 Å². The second kappa shape index (κ2) is 6.88. The number of hydrogen-bond acceptors (Lipinski definition) is 2. The molecule has 5 nitrogen and oxygen atoms in total.